The van der Waals surface area contributed by atoms with Gasteiger partial charge in [-0.3, -0.25) is 9.59 Å². The molecular formula is C23H26N2O3. The number of amides is 2. The van der Waals surface area contributed by atoms with Crippen molar-refractivity contribution in [1.82, 2.24) is 10.6 Å². The molecular weight excluding hydrogens is 352 g/mol. The van der Waals surface area contributed by atoms with E-state index in [1.165, 1.54) is 6.08 Å². The molecule has 0 saturated heterocycles. The molecule has 5 heteroatoms. The molecule has 0 aromatic heterocycles. The third kappa shape index (κ3) is 5.71. The van der Waals surface area contributed by atoms with E-state index in [0.717, 1.165) is 35.3 Å². The third-order valence-corrected chi connectivity index (χ3v) is 4.57. The number of hydrogen-bond donors (Lipinski definition) is 2. The lowest BCUT2D eigenvalue weighted by atomic mass is 10.1. The van der Waals surface area contributed by atoms with E-state index < -0.39 is 0 Å². The molecule has 2 amide bonds. The molecule has 2 aromatic carbocycles. The van der Waals surface area contributed by atoms with Gasteiger partial charge in [0.05, 0.1) is 6.54 Å². The van der Waals surface area contributed by atoms with Gasteiger partial charge >= 0.3 is 0 Å². The number of carbonyl (C=O) groups excluding carboxylic acids is 2. The summed E-state index contributed by atoms with van der Waals surface area (Å²) in [5, 5.41) is 5.76. The Morgan fingerprint density at radius 1 is 1.07 bits per heavy atom. The summed E-state index contributed by atoms with van der Waals surface area (Å²) in [7, 11) is 0. The summed E-state index contributed by atoms with van der Waals surface area (Å²) in [5.41, 5.74) is 3.67. The summed E-state index contributed by atoms with van der Waals surface area (Å²) in [6.07, 6.45) is 5.34. The molecule has 1 saturated carbocycles. The molecule has 0 atom stereocenters. The van der Waals surface area contributed by atoms with E-state index in [0.29, 0.717) is 24.8 Å². The first-order valence-corrected chi connectivity index (χ1v) is 9.59. The molecule has 0 bridgehead atoms. The number of para-hydroxylation sites is 1. The lowest BCUT2D eigenvalue weighted by Gasteiger charge is -2.11. The van der Waals surface area contributed by atoms with E-state index >= 15 is 0 Å². The maximum Gasteiger partial charge on any atom is 0.251 e. The van der Waals surface area contributed by atoms with Gasteiger partial charge in [0.2, 0.25) is 5.91 Å². The molecule has 1 aliphatic carbocycles. The average Bonchev–Trinajstić information content (AvgIpc) is 3.49. The SMILES string of the molecule is Cc1cccc(C)c1OCCNC(=O)/C=C/c1ccc(C(=O)NC2CC2)cc1. The predicted octanol–water partition coefficient (Wildman–Crippen LogP) is 3.40. The van der Waals surface area contributed by atoms with Gasteiger partial charge in [0.1, 0.15) is 12.4 Å². The van der Waals surface area contributed by atoms with Gasteiger partial charge in [0.25, 0.3) is 5.91 Å². The summed E-state index contributed by atoms with van der Waals surface area (Å²) in [5.74, 6) is 0.651. The van der Waals surface area contributed by atoms with Crippen LogP contribution in [0.1, 0.15) is 39.9 Å². The van der Waals surface area contributed by atoms with Gasteiger partial charge in [-0.1, -0.05) is 30.3 Å². The number of carbonyl (C=O) groups is 2. The van der Waals surface area contributed by atoms with Crippen LogP contribution in [-0.2, 0) is 4.79 Å². The summed E-state index contributed by atoms with van der Waals surface area (Å²) >= 11 is 0. The molecule has 0 unspecified atom stereocenters. The molecule has 28 heavy (non-hydrogen) atoms. The van der Waals surface area contributed by atoms with Crippen molar-refractivity contribution < 1.29 is 14.3 Å². The second kappa shape index (κ2) is 9.22. The van der Waals surface area contributed by atoms with Crippen LogP contribution in [0, 0.1) is 13.8 Å². The topological polar surface area (TPSA) is 67.4 Å². The fraction of sp³-hybridized carbons (Fsp3) is 0.304. The van der Waals surface area contributed by atoms with Crippen molar-refractivity contribution in [2.45, 2.75) is 32.7 Å². The van der Waals surface area contributed by atoms with Crippen LogP contribution < -0.4 is 15.4 Å². The molecule has 1 aliphatic rings. The van der Waals surface area contributed by atoms with Crippen molar-refractivity contribution in [3.8, 4) is 5.75 Å². The van der Waals surface area contributed by atoms with E-state index in [-0.39, 0.29) is 11.8 Å². The molecule has 0 radical (unpaired) electrons. The molecule has 1 fully saturated rings. The molecule has 3 rings (SSSR count). The lowest BCUT2D eigenvalue weighted by molar-refractivity contribution is -0.116. The van der Waals surface area contributed by atoms with Crippen molar-refractivity contribution in [2.24, 2.45) is 0 Å². The highest BCUT2D eigenvalue weighted by molar-refractivity contribution is 5.95. The number of nitrogens with one attached hydrogen (secondary N) is 2. The van der Waals surface area contributed by atoms with Gasteiger partial charge in [-0.05, 0) is 61.6 Å². The van der Waals surface area contributed by atoms with Crippen LogP contribution in [0.15, 0.2) is 48.5 Å². The van der Waals surface area contributed by atoms with E-state index in [1.54, 1.807) is 18.2 Å². The highest BCUT2D eigenvalue weighted by Gasteiger charge is 2.23. The molecule has 0 heterocycles. The third-order valence-electron chi connectivity index (χ3n) is 4.57. The summed E-state index contributed by atoms with van der Waals surface area (Å²) < 4.78 is 5.77. The zero-order chi connectivity index (χ0) is 19.9. The molecule has 0 spiro atoms. The first kappa shape index (κ1) is 19.7. The Morgan fingerprint density at radius 3 is 2.39 bits per heavy atom. The molecule has 0 aliphatic heterocycles. The van der Waals surface area contributed by atoms with Crippen LogP contribution in [0.2, 0.25) is 0 Å². The fourth-order valence-electron chi connectivity index (χ4n) is 2.83. The smallest absolute Gasteiger partial charge is 0.251 e. The van der Waals surface area contributed by atoms with Crippen LogP contribution in [0.5, 0.6) is 5.75 Å². The summed E-state index contributed by atoms with van der Waals surface area (Å²) in [4.78, 5) is 23.9. The van der Waals surface area contributed by atoms with E-state index in [2.05, 4.69) is 10.6 Å². The van der Waals surface area contributed by atoms with Gasteiger partial charge in [-0.15, -0.1) is 0 Å². The Balaban J connectivity index is 1.41. The zero-order valence-corrected chi connectivity index (χ0v) is 16.3. The molecule has 5 nitrogen and oxygen atoms in total. The van der Waals surface area contributed by atoms with Crippen LogP contribution in [0.3, 0.4) is 0 Å². The van der Waals surface area contributed by atoms with Gasteiger partial charge in [0.15, 0.2) is 0 Å². The molecule has 2 aromatic rings. The van der Waals surface area contributed by atoms with Gasteiger partial charge in [-0.25, -0.2) is 0 Å². The standard InChI is InChI=1S/C23H26N2O3/c1-16-4-3-5-17(2)22(16)28-15-14-24-21(26)13-8-18-6-9-19(10-7-18)23(27)25-20-11-12-20/h3-10,13,20H,11-12,14-15H2,1-2H3,(H,24,26)(H,25,27)/b13-8+. The Labute approximate surface area is 165 Å². The number of aryl methyl sites for hydroxylation is 2. The van der Waals surface area contributed by atoms with Crippen molar-refractivity contribution >= 4 is 17.9 Å². The predicted molar refractivity (Wildman–Crippen MR) is 110 cm³/mol. The zero-order valence-electron chi connectivity index (χ0n) is 16.3. The second-order valence-corrected chi connectivity index (χ2v) is 7.06. The maximum atomic E-state index is 12.0. The number of benzene rings is 2. The summed E-state index contributed by atoms with van der Waals surface area (Å²) in [6, 6.07) is 13.5. The minimum Gasteiger partial charge on any atom is -0.491 e. The van der Waals surface area contributed by atoms with Gasteiger partial charge in [-0.2, -0.15) is 0 Å². The first-order chi connectivity index (χ1) is 13.5. The minimum absolute atomic E-state index is 0.0420. The monoisotopic (exact) mass is 378 g/mol. The van der Waals surface area contributed by atoms with Crippen LogP contribution >= 0.6 is 0 Å². The van der Waals surface area contributed by atoms with Crippen molar-refractivity contribution in [1.29, 1.82) is 0 Å². The van der Waals surface area contributed by atoms with Gasteiger partial charge in [0, 0.05) is 17.7 Å². The van der Waals surface area contributed by atoms with E-state index in [1.807, 2.05) is 44.2 Å². The van der Waals surface area contributed by atoms with E-state index in [4.69, 9.17) is 4.74 Å². The molecule has 2 N–H and O–H groups in total. The van der Waals surface area contributed by atoms with E-state index in [9.17, 15) is 9.59 Å². The second-order valence-electron chi connectivity index (χ2n) is 7.06. The molecule has 146 valence electrons. The van der Waals surface area contributed by atoms with Crippen molar-refractivity contribution in [3.05, 3.63) is 70.8 Å². The minimum atomic E-state index is -0.180. The van der Waals surface area contributed by atoms with Crippen LogP contribution in [-0.4, -0.2) is 31.0 Å². The Morgan fingerprint density at radius 2 is 1.75 bits per heavy atom. The Kier molecular flexibility index (Phi) is 6.48. The maximum absolute atomic E-state index is 12.0. The fourth-order valence-corrected chi connectivity index (χ4v) is 2.83. The number of rotatable bonds is 8. The number of hydrogen-bond acceptors (Lipinski definition) is 3. The Bertz CT molecular complexity index is 848. The average molecular weight is 378 g/mol. The van der Waals surface area contributed by atoms with Gasteiger partial charge < -0.3 is 15.4 Å². The largest absolute Gasteiger partial charge is 0.491 e. The van der Waals surface area contributed by atoms with Crippen LogP contribution in [0.25, 0.3) is 6.08 Å². The van der Waals surface area contributed by atoms with Crippen molar-refractivity contribution in [3.63, 3.8) is 0 Å². The lowest BCUT2D eigenvalue weighted by Crippen LogP contribution is -2.26. The summed E-state index contributed by atoms with van der Waals surface area (Å²) in [6.45, 7) is 4.85. The normalized spacial score (nSPS) is 13.4. The Hall–Kier alpha value is -3.08. The van der Waals surface area contributed by atoms with Crippen molar-refractivity contribution in [2.75, 3.05) is 13.2 Å². The number of ether oxygens (including phenoxy) is 1. The first-order valence-electron chi connectivity index (χ1n) is 9.59. The quantitative estimate of drug-likeness (QED) is 0.546. The van der Waals surface area contributed by atoms with Crippen LogP contribution in [0.4, 0.5) is 0 Å². The highest BCUT2D eigenvalue weighted by atomic mass is 16.5. The highest BCUT2D eigenvalue weighted by Crippen LogP contribution is 2.22.